The van der Waals surface area contributed by atoms with Gasteiger partial charge in [0.15, 0.2) is 11.1 Å². The predicted octanol–water partition coefficient (Wildman–Crippen LogP) is 3.72. The summed E-state index contributed by atoms with van der Waals surface area (Å²) in [6.07, 6.45) is 0. The van der Waals surface area contributed by atoms with Crippen LogP contribution in [0.1, 0.15) is 5.56 Å². The maximum Gasteiger partial charge on any atom is 0.186 e. The molecule has 1 unspecified atom stereocenters. The van der Waals surface area contributed by atoms with Crippen molar-refractivity contribution in [3.8, 4) is 17.6 Å². The Hall–Kier alpha value is -1.94. The fourth-order valence-electron chi connectivity index (χ4n) is 1.51. The number of nitrogens with zero attached hydrogens (tertiary/aromatic N) is 1. The maximum atomic E-state index is 13.2. The van der Waals surface area contributed by atoms with Gasteiger partial charge in [-0.3, -0.25) is 0 Å². The summed E-state index contributed by atoms with van der Waals surface area (Å²) >= 11 is 3.51. The Morgan fingerprint density at radius 1 is 1.30 bits per heavy atom. The summed E-state index contributed by atoms with van der Waals surface area (Å²) in [5.74, 6) is -0.299. The minimum Gasteiger partial charge on any atom is -0.456 e. The van der Waals surface area contributed by atoms with Crippen LogP contribution in [0.25, 0.3) is 0 Å². The first-order valence-corrected chi connectivity index (χ1v) is 6.77. The number of nitriles is 1. The molecular weight excluding hydrogens is 305 g/mol. The Morgan fingerprint density at radius 3 is 2.65 bits per heavy atom. The van der Waals surface area contributed by atoms with Gasteiger partial charge < -0.3 is 9.29 Å². The van der Waals surface area contributed by atoms with Gasteiger partial charge in [-0.05, 0) is 30.3 Å². The number of benzene rings is 2. The summed E-state index contributed by atoms with van der Waals surface area (Å²) in [5, 5.41) is 9.16. The molecule has 2 rings (SSSR count). The van der Waals surface area contributed by atoms with Crippen molar-refractivity contribution in [2.75, 3.05) is 0 Å². The Balaban J connectivity index is 2.38. The highest BCUT2D eigenvalue weighted by molar-refractivity contribution is 7.79. The zero-order valence-corrected chi connectivity index (χ0v) is 11.4. The van der Waals surface area contributed by atoms with Crippen molar-refractivity contribution in [3.63, 3.8) is 0 Å². The fraction of sp³-hybridized carbons (Fsp3) is 0. The normalized spacial score (nSPS) is 11.7. The SMILES string of the molecule is N#Cc1cc(S(=O)O)ccc1Oc1cc(F)cc(Cl)c1. The predicted molar refractivity (Wildman–Crippen MR) is 71.7 cm³/mol. The van der Waals surface area contributed by atoms with Gasteiger partial charge in [-0.25, -0.2) is 8.60 Å². The first kappa shape index (κ1) is 14.5. The van der Waals surface area contributed by atoms with Crippen molar-refractivity contribution in [2.45, 2.75) is 4.90 Å². The zero-order chi connectivity index (χ0) is 14.7. The minimum absolute atomic E-state index is 0.0604. The Bertz CT molecular complexity index is 710. The second kappa shape index (κ2) is 6.01. The van der Waals surface area contributed by atoms with E-state index in [9.17, 15) is 8.60 Å². The molecule has 0 heterocycles. The van der Waals surface area contributed by atoms with Gasteiger partial charge in [0.25, 0.3) is 0 Å². The molecule has 20 heavy (non-hydrogen) atoms. The highest BCUT2D eigenvalue weighted by Crippen LogP contribution is 2.29. The van der Waals surface area contributed by atoms with E-state index in [0.29, 0.717) is 0 Å². The summed E-state index contributed by atoms with van der Waals surface area (Å²) in [5.41, 5.74) is 0.0604. The number of halogens is 2. The average Bonchev–Trinajstić information content (AvgIpc) is 2.37. The molecule has 102 valence electrons. The highest BCUT2D eigenvalue weighted by Gasteiger charge is 2.10. The quantitative estimate of drug-likeness (QED) is 0.877. The monoisotopic (exact) mass is 311 g/mol. The van der Waals surface area contributed by atoms with E-state index in [0.717, 1.165) is 12.1 Å². The van der Waals surface area contributed by atoms with E-state index in [1.807, 2.05) is 6.07 Å². The second-order valence-electron chi connectivity index (χ2n) is 3.73. The van der Waals surface area contributed by atoms with Crippen LogP contribution in [0.3, 0.4) is 0 Å². The van der Waals surface area contributed by atoms with Crippen molar-refractivity contribution in [2.24, 2.45) is 0 Å². The lowest BCUT2D eigenvalue weighted by Gasteiger charge is -2.08. The van der Waals surface area contributed by atoms with Crippen molar-refractivity contribution in [3.05, 3.63) is 52.8 Å². The second-order valence-corrected chi connectivity index (χ2v) is 5.13. The maximum absolute atomic E-state index is 13.2. The van der Waals surface area contributed by atoms with Crippen LogP contribution in [0.15, 0.2) is 41.3 Å². The van der Waals surface area contributed by atoms with Crippen LogP contribution in [-0.2, 0) is 11.1 Å². The molecular formula is C13H7ClFNO3S. The molecule has 0 saturated carbocycles. The van der Waals surface area contributed by atoms with Crippen molar-refractivity contribution in [1.29, 1.82) is 5.26 Å². The molecule has 2 aromatic carbocycles. The molecule has 2 aromatic rings. The average molecular weight is 312 g/mol. The van der Waals surface area contributed by atoms with E-state index < -0.39 is 16.9 Å². The van der Waals surface area contributed by atoms with Gasteiger partial charge in [0, 0.05) is 11.1 Å². The molecule has 0 amide bonds. The number of ether oxygens (including phenoxy) is 1. The van der Waals surface area contributed by atoms with E-state index in [-0.39, 0.29) is 27.0 Å². The van der Waals surface area contributed by atoms with E-state index >= 15 is 0 Å². The molecule has 0 aliphatic carbocycles. The van der Waals surface area contributed by atoms with E-state index in [4.69, 9.17) is 26.2 Å². The standard InChI is InChI=1S/C13H7ClFNO3S/c14-9-4-10(15)6-11(5-9)19-13-2-1-12(20(17)18)3-8(13)7-16/h1-6H,(H,17,18). The van der Waals surface area contributed by atoms with Crippen LogP contribution in [0, 0.1) is 17.1 Å². The molecule has 0 spiro atoms. The number of hydrogen-bond acceptors (Lipinski definition) is 3. The van der Waals surface area contributed by atoms with Gasteiger partial charge in [-0.1, -0.05) is 11.6 Å². The number of rotatable bonds is 3. The Kier molecular flexibility index (Phi) is 4.35. The lowest BCUT2D eigenvalue weighted by molar-refractivity contribution is 0.474. The molecule has 0 aliphatic heterocycles. The molecule has 0 fully saturated rings. The molecule has 1 atom stereocenters. The van der Waals surface area contributed by atoms with E-state index in [1.54, 1.807) is 0 Å². The van der Waals surface area contributed by atoms with Crippen molar-refractivity contribution < 1.29 is 17.9 Å². The molecule has 0 saturated heterocycles. The van der Waals surface area contributed by atoms with Crippen molar-refractivity contribution >= 4 is 22.7 Å². The Morgan fingerprint density at radius 2 is 2.05 bits per heavy atom. The zero-order valence-electron chi connectivity index (χ0n) is 9.84. The molecule has 1 N–H and O–H groups in total. The van der Waals surface area contributed by atoms with Crippen LogP contribution < -0.4 is 4.74 Å². The smallest absolute Gasteiger partial charge is 0.186 e. The first-order chi connectivity index (χ1) is 9.49. The summed E-state index contributed by atoms with van der Waals surface area (Å²) in [4.78, 5) is 0.0752. The lowest BCUT2D eigenvalue weighted by Crippen LogP contribution is -1.93. The van der Waals surface area contributed by atoms with Crippen LogP contribution in [0.4, 0.5) is 4.39 Å². The first-order valence-electron chi connectivity index (χ1n) is 5.28. The third-order valence-corrected chi connectivity index (χ3v) is 3.21. The fourth-order valence-corrected chi connectivity index (χ4v) is 2.12. The van der Waals surface area contributed by atoms with Gasteiger partial charge >= 0.3 is 0 Å². The molecule has 0 radical (unpaired) electrons. The number of hydrogen-bond donors (Lipinski definition) is 1. The topological polar surface area (TPSA) is 70.3 Å². The minimum atomic E-state index is -2.19. The Labute approximate surface area is 121 Å². The van der Waals surface area contributed by atoms with Crippen LogP contribution >= 0.6 is 11.6 Å². The molecule has 0 bridgehead atoms. The van der Waals surface area contributed by atoms with Crippen LogP contribution in [-0.4, -0.2) is 8.76 Å². The van der Waals surface area contributed by atoms with Gasteiger partial charge in [0.1, 0.15) is 23.4 Å². The molecule has 0 aliphatic rings. The van der Waals surface area contributed by atoms with E-state index in [2.05, 4.69) is 0 Å². The lowest BCUT2D eigenvalue weighted by atomic mass is 10.2. The van der Waals surface area contributed by atoms with Crippen molar-refractivity contribution in [1.82, 2.24) is 0 Å². The molecule has 4 nitrogen and oxygen atoms in total. The third-order valence-electron chi connectivity index (χ3n) is 2.34. The van der Waals surface area contributed by atoms with Gasteiger partial charge in [0.05, 0.1) is 10.5 Å². The molecule has 7 heteroatoms. The largest absolute Gasteiger partial charge is 0.456 e. The van der Waals surface area contributed by atoms with Crippen LogP contribution in [0.2, 0.25) is 5.02 Å². The summed E-state index contributed by atoms with van der Waals surface area (Å²) < 4.78 is 38.4. The summed E-state index contributed by atoms with van der Waals surface area (Å²) in [6.45, 7) is 0. The van der Waals surface area contributed by atoms with Gasteiger partial charge in [-0.15, -0.1) is 0 Å². The molecule has 0 aromatic heterocycles. The highest BCUT2D eigenvalue weighted by atomic mass is 35.5. The summed E-state index contributed by atoms with van der Waals surface area (Å²) in [7, 11) is 0. The van der Waals surface area contributed by atoms with E-state index in [1.165, 1.54) is 24.3 Å². The summed E-state index contributed by atoms with van der Waals surface area (Å²) in [6, 6.07) is 9.41. The third kappa shape index (κ3) is 3.33. The van der Waals surface area contributed by atoms with Gasteiger partial charge in [0.2, 0.25) is 0 Å². The van der Waals surface area contributed by atoms with Crippen LogP contribution in [0.5, 0.6) is 11.5 Å². The van der Waals surface area contributed by atoms with Gasteiger partial charge in [-0.2, -0.15) is 5.26 Å².